The van der Waals surface area contributed by atoms with Crippen molar-refractivity contribution in [3.8, 4) is 11.1 Å². The summed E-state index contributed by atoms with van der Waals surface area (Å²) in [4.78, 5) is 26.9. The van der Waals surface area contributed by atoms with Crippen LogP contribution in [0.3, 0.4) is 0 Å². The van der Waals surface area contributed by atoms with Gasteiger partial charge in [0.05, 0.1) is 6.61 Å². The number of thioether (sulfide) groups is 1. The predicted octanol–water partition coefficient (Wildman–Crippen LogP) is 6.42. The van der Waals surface area contributed by atoms with Gasteiger partial charge >= 0.3 is 5.97 Å². The number of nitrogens with one attached hydrogen (secondary N) is 1. The maximum absolute atomic E-state index is 13.8. The molecule has 5 rings (SSSR count). The van der Waals surface area contributed by atoms with Crippen molar-refractivity contribution in [2.75, 3.05) is 17.8 Å². The second kappa shape index (κ2) is 12.5. The lowest BCUT2D eigenvalue weighted by Gasteiger charge is -2.20. The standard InChI is InChI=1S/C29H31N5O3S2/c1-2-37-28(36)23-22(19-12-6-3-7-13-19)18-38-27(23)31-26(35)24(20-14-8-4-9-15-20)39-29-33-32-25(34(29)30)21-16-10-5-11-17-21/h3-4,6-9,12-15,18,21,24H,2,5,10-11,16-17,30H2,1H3,(H,31,35). The molecule has 2 aromatic heterocycles. The van der Waals surface area contributed by atoms with Crippen molar-refractivity contribution in [3.63, 3.8) is 0 Å². The van der Waals surface area contributed by atoms with Crippen LogP contribution < -0.4 is 11.2 Å². The Bertz CT molecular complexity index is 1420. The van der Waals surface area contributed by atoms with Crippen molar-refractivity contribution in [1.82, 2.24) is 14.9 Å². The average Bonchev–Trinajstić information content (AvgIpc) is 3.56. The summed E-state index contributed by atoms with van der Waals surface area (Å²) in [6, 6.07) is 19.1. The van der Waals surface area contributed by atoms with Crippen LogP contribution >= 0.6 is 23.1 Å². The van der Waals surface area contributed by atoms with E-state index in [0.29, 0.717) is 15.7 Å². The number of amides is 1. The van der Waals surface area contributed by atoms with Crippen molar-refractivity contribution in [1.29, 1.82) is 0 Å². The topological polar surface area (TPSA) is 112 Å². The molecule has 202 valence electrons. The molecule has 1 amide bonds. The summed E-state index contributed by atoms with van der Waals surface area (Å²) in [7, 11) is 0. The van der Waals surface area contributed by atoms with Crippen molar-refractivity contribution >= 4 is 40.0 Å². The highest BCUT2D eigenvalue weighted by Crippen LogP contribution is 2.40. The molecule has 3 N–H and O–H groups in total. The molecule has 2 aromatic carbocycles. The highest BCUT2D eigenvalue weighted by atomic mass is 32.2. The fourth-order valence-corrected chi connectivity index (χ4v) is 6.80. The third kappa shape index (κ3) is 6.02. The number of benzene rings is 2. The van der Waals surface area contributed by atoms with E-state index in [9.17, 15) is 9.59 Å². The first kappa shape index (κ1) is 27.0. The Balaban J connectivity index is 1.45. The molecule has 1 aliphatic carbocycles. The minimum absolute atomic E-state index is 0.230. The summed E-state index contributed by atoms with van der Waals surface area (Å²) in [5, 5.41) is 13.9. The van der Waals surface area contributed by atoms with E-state index in [1.807, 2.05) is 66.0 Å². The van der Waals surface area contributed by atoms with Gasteiger partial charge in [0.15, 0.2) is 5.82 Å². The third-order valence-electron chi connectivity index (χ3n) is 6.82. The van der Waals surface area contributed by atoms with Crippen LogP contribution in [0, 0.1) is 0 Å². The average molecular weight is 562 g/mol. The van der Waals surface area contributed by atoms with Crippen LogP contribution in [0.15, 0.2) is 71.2 Å². The molecule has 0 bridgehead atoms. The number of rotatable bonds is 9. The van der Waals surface area contributed by atoms with Gasteiger partial charge < -0.3 is 15.9 Å². The maximum atomic E-state index is 13.8. The van der Waals surface area contributed by atoms with E-state index < -0.39 is 11.2 Å². The van der Waals surface area contributed by atoms with Gasteiger partial charge in [-0.3, -0.25) is 4.79 Å². The van der Waals surface area contributed by atoms with Gasteiger partial charge in [-0.1, -0.05) is 91.7 Å². The molecule has 4 aromatic rings. The fourth-order valence-electron chi connectivity index (χ4n) is 4.88. The van der Waals surface area contributed by atoms with E-state index in [-0.39, 0.29) is 18.4 Å². The summed E-state index contributed by atoms with van der Waals surface area (Å²) in [6.07, 6.45) is 5.63. The van der Waals surface area contributed by atoms with Crippen LogP contribution in [0.5, 0.6) is 0 Å². The zero-order valence-corrected chi connectivity index (χ0v) is 23.3. The van der Waals surface area contributed by atoms with E-state index in [0.717, 1.165) is 48.2 Å². The van der Waals surface area contributed by atoms with Crippen molar-refractivity contribution in [3.05, 3.63) is 83.0 Å². The summed E-state index contributed by atoms with van der Waals surface area (Å²) in [6.45, 7) is 1.99. The zero-order chi connectivity index (χ0) is 27.2. The second-order valence-corrected chi connectivity index (χ2v) is 11.3. The number of nitrogens with two attached hydrogens (primary N) is 1. The van der Waals surface area contributed by atoms with Gasteiger partial charge in [-0.15, -0.1) is 21.5 Å². The van der Waals surface area contributed by atoms with Crippen LogP contribution in [0.25, 0.3) is 11.1 Å². The first-order valence-corrected chi connectivity index (χ1v) is 14.9. The van der Waals surface area contributed by atoms with E-state index in [1.165, 1.54) is 34.2 Å². The highest BCUT2D eigenvalue weighted by molar-refractivity contribution is 8.00. The molecule has 0 aliphatic heterocycles. The molecule has 1 atom stereocenters. The molecule has 1 unspecified atom stereocenters. The zero-order valence-electron chi connectivity index (χ0n) is 21.7. The summed E-state index contributed by atoms with van der Waals surface area (Å²) < 4.78 is 6.89. The third-order valence-corrected chi connectivity index (χ3v) is 8.92. The Kier molecular flexibility index (Phi) is 8.63. The molecule has 8 nitrogen and oxygen atoms in total. The van der Waals surface area contributed by atoms with Gasteiger partial charge in [-0.05, 0) is 30.9 Å². The number of carbonyl (C=O) groups excluding carboxylic acids is 2. The minimum atomic E-state index is -0.672. The van der Waals surface area contributed by atoms with Gasteiger partial charge in [0.2, 0.25) is 11.1 Å². The fraction of sp³-hybridized carbons (Fsp3) is 0.310. The summed E-state index contributed by atoms with van der Waals surface area (Å²) in [5.74, 6) is 6.74. The van der Waals surface area contributed by atoms with E-state index in [1.54, 1.807) is 6.92 Å². The Morgan fingerprint density at radius 3 is 2.46 bits per heavy atom. The Labute approximate surface area is 235 Å². The Morgan fingerprint density at radius 1 is 1.08 bits per heavy atom. The SMILES string of the molecule is CCOC(=O)c1c(-c2ccccc2)csc1NC(=O)C(Sc1nnc(C2CCCCC2)n1N)c1ccccc1. The lowest BCUT2D eigenvalue weighted by Crippen LogP contribution is -2.22. The number of carbonyl (C=O) groups is 2. The number of thiophene rings is 1. The number of esters is 1. The molecule has 39 heavy (non-hydrogen) atoms. The smallest absolute Gasteiger partial charge is 0.341 e. The number of hydrogen-bond acceptors (Lipinski definition) is 8. The molecular weight excluding hydrogens is 530 g/mol. The van der Waals surface area contributed by atoms with Crippen LogP contribution in [0.1, 0.15) is 71.9 Å². The van der Waals surface area contributed by atoms with Gasteiger partial charge in [0.25, 0.3) is 0 Å². The van der Waals surface area contributed by atoms with E-state index in [4.69, 9.17) is 10.6 Å². The molecule has 0 spiro atoms. The number of nitrogen functional groups attached to an aromatic ring is 1. The lowest BCUT2D eigenvalue weighted by molar-refractivity contribution is -0.115. The van der Waals surface area contributed by atoms with Crippen molar-refractivity contribution < 1.29 is 14.3 Å². The van der Waals surface area contributed by atoms with Gasteiger partial charge in [0.1, 0.15) is 15.8 Å². The quantitative estimate of drug-likeness (QED) is 0.138. The monoisotopic (exact) mass is 561 g/mol. The van der Waals surface area contributed by atoms with Crippen molar-refractivity contribution in [2.45, 2.75) is 55.4 Å². The van der Waals surface area contributed by atoms with Gasteiger partial charge in [-0.25, -0.2) is 9.47 Å². The van der Waals surface area contributed by atoms with E-state index >= 15 is 0 Å². The van der Waals surface area contributed by atoms with Crippen molar-refractivity contribution in [2.24, 2.45) is 0 Å². The molecule has 1 aliphatic rings. The van der Waals surface area contributed by atoms with Gasteiger partial charge in [-0.2, -0.15) is 0 Å². The normalized spacial score (nSPS) is 14.6. The molecule has 2 heterocycles. The first-order chi connectivity index (χ1) is 19.1. The van der Waals surface area contributed by atoms with E-state index in [2.05, 4.69) is 15.5 Å². The Hall–Kier alpha value is -3.63. The summed E-state index contributed by atoms with van der Waals surface area (Å²) in [5.41, 5.74) is 2.73. The number of ether oxygens (including phenoxy) is 1. The number of aromatic nitrogens is 3. The lowest BCUT2D eigenvalue weighted by atomic mass is 9.89. The highest BCUT2D eigenvalue weighted by Gasteiger charge is 2.30. The van der Waals surface area contributed by atoms with Crippen LogP contribution in [0.2, 0.25) is 0 Å². The van der Waals surface area contributed by atoms with Crippen LogP contribution in [-0.4, -0.2) is 33.4 Å². The summed E-state index contributed by atoms with van der Waals surface area (Å²) >= 11 is 2.55. The van der Waals surface area contributed by atoms with Crippen LogP contribution in [0.4, 0.5) is 5.00 Å². The minimum Gasteiger partial charge on any atom is -0.462 e. The largest absolute Gasteiger partial charge is 0.462 e. The Morgan fingerprint density at radius 2 is 1.77 bits per heavy atom. The van der Waals surface area contributed by atoms with Crippen LogP contribution in [-0.2, 0) is 9.53 Å². The second-order valence-electron chi connectivity index (χ2n) is 9.38. The molecule has 1 fully saturated rings. The first-order valence-electron chi connectivity index (χ1n) is 13.1. The molecule has 0 saturated heterocycles. The molecule has 10 heteroatoms. The number of anilines is 1. The predicted molar refractivity (Wildman–Crippen MR) is 155 cm³/mol. The maximum Gasteiger partial charge on any atom is 0.341 e. The molecular formula is C29H31N5O3S2. The van der Waals surface area contributed by atoms with Gasteiger partial charge in [0, 0.05) is 16.9 Å². The molecule has 0 radical (unpaired) electrons. The molecule has 1 saturated carbocycles. The number of hydrogen-bond donors (Lipinski definition) is 2. The number of nitrogens with zero attached hydrogens (tertiary/aromatic N) is 3.